The fourth-order valence-electron chi connectivity index (χ4n) is 3.45. The Kier molecular flexibility index (Phi) is 4.65. The Morgan fingerprint density at radius 2 is 2.00 bits per heavy atom. The summed E-state index contributed by atoms with van der Waals surface area (Å²) < 4.78 is 26.9. The van der Waals surface area contributed by atoms with Crippen LogP contribution in [0.5, 0.6) is 5.75 Å². The minimum absolute atomic E-state index is 0.0329. The minimum Gasteiger partial charge on any atom is -0.507 e. The van der Waals surface area contributed by atoms with Gasteiger partial charge >= 0.3 is 0 Å². The summed E-state index contributed by atoms with van der Waals surface area (Å²) in [5.74, 6) is -1.24. The van der Waals surface area contributed by atoms with E-state index < -0.39 is 23.9 Å². The van der Waals surface area contributed by atoms with Gasteiger partial charge in [0.25, 0.3) is 5.91 Å². The van der Waals surface area contributed by atoms with Gasteiger partial charge in [0, 0.05) is 24.4 Å². The number of aromatic hydroxyl groups is 1. The molecule has 0 bridgehead atoms. The van der Waals surface area contributed by atoms with Gasteiger partial charge in [-0.25, -0.2) is 13.8 Å². The molecule has 152 valence electrons. The Bertz CT molecular complexity index is 1180. The van der Waals surface area contributed by atoms with Gasteiger partial charge in [-0.1, -0.05) is 12.1 Å². The number of benzene rings is 1. The molecule has 0 saturated heterocycles. The average Bonchev–Trinajstić information content (AvgIpc) is 2.99. The van der Waals surface area contributed by atoms with E-state index in [4.69, 9.17) is 5.73 Å². The maximum absolute atomic E-state index is 13.7. The largest absolute Gasteiger partial charge is 0.507 e. The number of guanidine groups is 1. The highest BCUT2D eigenvalue weighted by atomic mass is 19.1. The third kappa shape index (κ3) is 2.95. The average molecular weight is 409 g/mol. The first-order valence-electron chi connectivity index (χ1n) is 8.97. The molecule has 9 heteroatoms. The van der Waals surface area contributed by atoms with Crippen molar-refractivity contribution in [1.29, 1.82) is 0 Å². The van der Waals surface area contributed by atoms with Crippen LogP contribution in [0.1, 0.15) is 17.0 Å². The lowest BCUT2D eigenvalue weighted by molar-refractivity contribution is -0.129. The highest BCUT2D eigenvalue weighted by molar-refractivity contribution is 6.08. The zero-order valence-electron chi connectivity index (χ0n) is 15.9. The molecule has 0 radical (unpaired) electrons. The van der Waals surface area contributed by atoms with Crippen LogP contribution >= 0.6 is 0 Å². The van der Waals surface area contributed by atoms with E-state index in [2.05, 4.69) is 15.0 Å². The Hall–Kier alpha value is -3.88. The molecule has 1 aromatic carbocycles. The van der Waals surface area contributed by atoms with Crippen LogP contribution < -0.4 is 5.73 Å². The van der Waals surface area contributed by atoms with Crippen molar-refractivity contribution in [2.24, 2.45) is 10.7 Å². The SMILES string of the molecule is CN1C(=O)C(c2ccc(O)c(-c3cncc(F)c3)c2)(c2cccc(CF)n2)N=C1N. The molecule has 0 saturated carbocycles. The fourth-order valence-corrected chi connectivity index (χ4v) is 3.45. The summed E-state index contributed by atoms with van der Waals surface area (Å²) in [6.45, 7) is -0.817. The van der Waals surface area contributed by atoms with Crippen molar-refractivity contribution >= 4 is 11.9 Å². The number of amides is 1. The Morgan fingerprint density at radius 3 is 2.67 bits per heavy atom. The smallest absolute Gasteiger partial charge is 0.267 e. The molecule has 3 heterocycles. The second kappa shape index (κ2) is 7.18. The third-order valence-corrected chi connectivity index (χ3v) is 4.98. The summed E-state index contributed by atoms with van der Waals surface area (Å²) in [5.41, 5.74) is 5.47. The molecule has 3 N–H and O–H groups in total. The molecule has 7 nitrogen and oxygen atoms in total. The van der Waals surface area contributed by atoms with Crippen molar-refractivity contribution in [2.45, 2.75) is 12.2 Å². The number of aliphatic imine (C=N–C) groups is 1. The molecule has 0 aliphatic carbocycles. The lowest BCUT2D eigenvalue weighted by atomic mass is 9.84. The summed E-state index contributed by atoms with van der Waals surface area (Å²) in [7, 11) is 1.47. The van der Waals surface area contributed by atoms with Crippen LogP contribution in [0.3, 0.4) is 0 Å². The van der Waals surface area contributed by atoms with Crippen LogP contribution in [0.2, 0.25) is 0 Å². The van der Waals surface area contributed by atoms with Crippen molar-refractivity contribution in [3.05, 3.63) is 77.6 Å². The summed E-state index contributed by atoms with van der Waals surface area (Å²) in [6.07, 6.45) is 2.43. The van der Waals surface area contributed by atoms with E-state index in [1.165, 1.54) is 48.5 Å². The van der Waals surface area contributed by atoms with Crippen LogP contribution in [0.15, 0.2) is 59.9 Å². The van der Waals surface area contributed by atoms with Crippen LogP contribution in [0, 0.1) is 5.82 Å². The van der Waals surface area contributed by atoms with E-state index in [-0.39, 0.29) is 28.7 Å². The molecule has 4 rings (SSSR count). The molecule has 1 atom stereocenters. The normalized spacial score (nSPS) is 18.6. The Balaban J connectivity index is 1.98. The monoisotopic (exact) mass is 409 g/mol. The maximum Gasteiger partial charge on any atom is 0.267 e. The molecule has 30 heavy (non-hydrogen) atoms. The van der Waals surface area contributed by atoms with Crippen molar-refractivity contribution in [1.82, 2.24) is 14.9 Å². The molecular weight excluding hydrogens is 392 g/mol. The zero-order valence-corrected chi connectivity index (χ0v) is 15.9. The number of phenolic OH excluding ortho intramolecular Hbond substituents is 1. The second-order valence-electron chi connectivity index (χ2n) is 6.82. The van der Waals surface area contributed by atoms with Crippen molar-refractivity contribution in [3.63, 3.8) is 0 Å². The van der Waals surface area contributed by atoms with Gasteiger partial charge in [-0.2, -0.15) is 0 Å². The summed E-state index contributed by atoms with van der Waals surface area (Å²) in [6, 6.07) is 10.2. The number of rotatable bonds is 4. The van der Waals surface area contributed by atoms with Gasteiger partial charge in [0.2, 0.25) is 5.54 Å². The standard InChI is InChI=1S/C21H17F2N5O2/c1-28-19(30)21(27-20(28)24,18-4-2-3-15(9-22)26-18)13-5-6-17(29)16(8-13)12-7-14(23)11-25-10-12/h2-8,10-11,29H,9H2,1H3,(H2,24,27). The molecule has 3 aromatic rings. The molecule has 1 aliphatic rings. The van der Waals surface area contributed by atoms with Crippen LogP contribution in [0.25, 0.3) is 11.1 Å². The number of phenols is 1. The second-order valence-corrected chi connectivity index (χ2v) is 6.82. The Morgan fingerprint density at radius 1 is 1.20 bits per heavy atom. The first-order chi connectivity index (χ1) is 14.4. The van der Waals surface area contributed by atoms with Gasteiger partial charge in [-0.05, 0) is 35.9 Å². The number of halogens is 2. The maximum atomic E-state index is 13.7. The van der Waals surface area contributed by atoms with Crippen molar-refractivity contribution < 1.29 is 18.7 Å². The van der Waals surface area contributed by atoms with Crippen LogP contribution in [-0.4, -0.2) is 38.9 Å². The fraction of sp³-hybridized carbons (Fsp3) is 0.143. The van der Waals surface area contributed by atoms with Gasteiger partial charge in [-0.3, -0.25) is 19.7 Å². The number of alkyl halides is 1. The first-order valence-corrected chi connectivity index (χ1v) is 8.97. The van der Waals surface area contributed by atoms with Gasteiger partial charge in [0.1, 0.15) is 18.2 Å². The highest BCUT2D eigenvalue weighted by Crippen LogP contribution is 2.41. The quantitative estimate of drug-likeness (QED) is 0.689. The molecule has 1 amide bonds. The number of likely N-dealkylation sites (N-methyl/N-ethyl adjacent to an activating group) is 1. The zero-order chi connectivity index (χ0) is 21.5. The number of nitrogens with two attached hydrogens (primary N) is 1. The molecule has 1 aliphatic heterocycles. The van der Waals surface area contributed by atoms with Gasteiger partial charge < -0.3 is 10.8 Å². The van der Waals surface area contributed by atoms with Gasteiger partial charge in [-0.15, -0.1) is 0 Å². The highest BCUT2D eigenvalue weighted by Gasteiger charge is 2.51. The van der Waals surface area contributed by atoms with Crippen molar-refractivity contribution in [2.75, 3.05) is 7.05 Å². The summed E-state index contributed by atoms with van der Waals surface area (Å²) in [4.78, 5) is 26.9. The van der Waals surface area contributed by atoms with Gasteiger partial charge in [0.05, 0.1) is 17.6 Å². The number of carbonyl (C=O) groups is 1. The van der Waals surface area contributed by atoms with E-state index in [1.54, 1.807) is 12.1 Å². The van der Waals surface area contributed by atoms with Crippen molar-refractivity contribution in [3.8, 4) is 16.9 Å². The van der Waals surface area contributed by atoms with Crippen LogP contribution in [-0.2, 0) is 17.0 Å². The predicted octanol–water partition coefficient (Wildman–Crippen LogP) is 2.49. The number of carbonyl (C=O) groups excluding carboxylic acids is 1. The number of hydrogen-bond donors (Lipinski definition) is 2. The lowest BCUT2D eigenvalue weighted by Gasteiger charge is -2.26. The van der Waals surface area contributed by atoms with Gasteiger partial charge in [0.15, 0.2) is 5.96 Å². The molecule has 0 spiro atoms. The van der Waals surface area contributed by atoms with E-state index in [0.717, 1.165) is 6.20 Å². The lowest BCUT2D eigenvalue weighted by Crippen LogP contribution is -2.41. The molecule has 2 aromatic heterocycles. The van der Waals surface area contributed by atoms with E-state index >= 15 is 0 Å². The number of aromatic nitrogens is 2. The number of pyridine rings is 2. The Labute approximate surface area is 170 Å². The van der Waals surface area contributed by atoms with E-state index in [1.807, 2.05) is 0 Å². The van der Waals surface area contributed by atoms with E-state index in [0.29, 0.717) is 11.1 Å². The predicted molar refractivity (Wildman–Crippen MR) is 106 cm³/mol. The molecule has 0 fully saturated rings. The number of hydrogen-bond acceptors (Lipinski definition) is 6. The minimum atomic E-state index is -1.67. The molecular formula is C21H17F2N5O2. The summed E-state index contributed by atoms with van der Waals surface area (Å²) >= 11 is 0. The van der Waals surface area contributed by atoms with Crippen LogP contribution in [0.4, 0.5) is 8.78 Å². The topological polar surface area (TPSA) is 105 Å². The third-order valence-electron chi connectivity index (χ3n) is 4.98. The van der Waals surface area contributed by atoms with E-state index in [9.17, 15) is 18.7 Å². The first kappa shape index (κ1) is 19.4. The number of nitrogens with zero attached hydrogens (tertiary/aromatic N) is 4. The summed E-state index contributed by atoms with van der Waals surface area (Å²) in [5, 5.41) is 10.4. The molecule has 1 unspecified atom stereocenters.